The van der Waals surface area contributed by atoms with Gasteiger partial charge in [-0.15, -0.1) is 0 Å². The van der Waals surface area contributed by atoms with Crippen LogP contribution in [0.15, 0.2) is 122 Å². The van der Waals surface area contributed by atoms with E-state index in [0.29, 0.717) is 25.7 Å². The molecule has 0 aliphatic heterocycles. The van der Waals surface area contributed by atoms with Crippen molar-refractivity contribution in [2.75, 3.05) is 39.6 Å². The molecule has 574 valence electrons. The molecule has 0 heterocycles. The Morgan fingerprint density at radius 1 is 0.290 bits per heavy atom. The van der Waals surface area contributed by atoms with Crippen molar-refractivity contribution in [2.24, 2.45) is 0 Å². The molecule has 17 nitrogen and oxygen atoms in total. The van der Waals surface area contributed by atoms with Gasteiger partial charge in [0.2, 0.25) is 0 Å². The molecule has 19 heteroatoms. The van der Waals surface area contributed by atoms with Crippen molar-refractivity contribution in [3.63, 3.8) is 0 Å². The van der Waals surface area contributed by atoms with Crippen LogP contribution in [0.3, 0.4) is 0 Å². The molecule has 0 amide bonds. The number of esters is 4. The second-order valence-electron chi connectivity index (χ2n) is 25.5. The minimum absolute atomic E-state index is 0.0732. The predicted octanol–water partition coefficient (Wildman–Crippen LogP) is 22.3. The van der Waals surface area contributed by atoms with Crippen LogP contribution in [0.1, 0.15) is 310 Å². The Hall–Kier alpha value is -4.54. The van der Waals surface area contributed by atoms with E-state index in [2.05, 4.69) is 149 Å². The first-order valence-electron chi connectivity index (χ1n) is 38.8. The Morgan fingerprint density at radius 2 is 0.540 bits per heavy atom. The van der Waals surface area contributed by atoms with Crippen molar-refractivity contribution in [1.29, 1.82) is 0 Å². The summed E-state index contributed by atoms with van der Waals surface area (Å²) in [6.45, 7) is 4.50. The summed E-state index contributed by atoms with van der Waals surface area (Å²) in [6, 6.07) is 0. The normalized spacial score (nSPS) is 14.6. The number of phosphoric acid groups is 2. The monoisotopic (exact) mass is 1440 g/mol. The minimum Gasteiger partial charge on any atom is -0.462 e. The van der Waals surface area contributed by atoms with Crippen molar-refractivity contribution in [2.45, 2.75) is 329 Å². The lowest BCUT2D eigenvalue weighted by atomic mass is 10.1. The highest BCUT2D eigenvalue weighted by atomic mass is 31.2. The molecule has 0 rings (SSSR count). The first-order chi connectivity index (χ1) is 48.7. The third-order valence-electron chi connectivity index (χ3n) is 15.9. The summed E-state index contributed by atoms with van der Waals surface area (Å²) in [6.07, 6.45) is 79.0. The Labute approximate surface area is 606 Å². The summed E-state index contributed by atoms with van der Waals surface area (Å²) in [4.78, 5) is 72.9. The molecule has 5 unspecified atom stereocenters. The lowest BCUT2D eigenvalue weighted by molar-refractivity contribution is -0.161. The van der Waals surface area contributed by atoms with Crippen molar-refractivity contribution >= 4 is 39.5 Å². The van der Waals surface area contributed by atoms with Gasteiger partial charge in [-0.2, -0.15) is 0 Å². The van der Waals surface area contributed by atoms with Crippen LogP contribution in [-0.2, 0) is 65.4 Å². The maximum absolute atomic E-state index is 13.1. The number of allylic oxidation sites excluding steroid dienone is 20. The molecule has 0 aliphatic carbocycles. The van der Waals surface area contributed by atoms with E-state index < -0.39 is 97.5 Å². The molecule has 0 saturated heterocycles. The van der Waals surface area contributed by atoms with E-state index in [1.807, 2.05) is 0 Å². The van der Waals surface area contributed by atoms with Crippen molar-refractivity contribution < 1.29 is 80.2 Å². The zero-order valence-corrected chi connectivity index (χ0v) is 64.4. The fraction of sp³-hybridized carbons (Fsp3) is 0.704. The van der Waals surface area contributed by atoms with Gasteiger partial charge in [0.25, 0.3) is 0 Å². The van der Waals surface area contributed by atoms with Gasteiger partial charge in [0, 0.05) is 25.7 Å². The van der Waals surface area contributed by atoms with Crippen LogP contribution < -0.4 is 0 Å². The number of hydrogen-bond acceptors (Lipinski definition) is 15. The van der Waals surface area contributed by atoms with E-state index in [1.54, 1.807) is 0 Å². The van der Waals surface area contributed by atoms with Crippen LogP contribution in [0.25, 0.3) is 0 Å². The third-order valence-corrected chi connectivity index (χ3v) is 17.8. The van der Waals surface area contributed by atoms with Gasteiger partial charge >= 0.3 is 39.5 Å². The lowest BCUT2D eigenvalue weighted by Crippen LogP contribution is -2.30. The maximum Gasteiger partial charge on any atom is 0.472 e. The summed E-state index contributed by atoms with van der Waals surface area (Å²) in [5.74, 6) is -2.22. The van der Waals surface area contributed by atoms with Gasteiger partial charge in [0.15, 0.2) is 12.2 Å². The minimum atomic E-state index is -4.98. The van der Waals surface area contributed by atoms with Crippen LogP contribution in [0.5, 0.6) is 0 Å². The van der Waals surface area contributed by atoms with Crippen LogP contribution in [-0.4, -0.2) is 96.7 Å². The average Bonchev–Trinajstić information content (AvgIpc) is 0.940. The van der Waals surface area contributed by atoms with Gasteiger partial charge in [-0.1, -0.05) is 265 Å². The predicted molar refractivity (Wildman–Crippen MR) is 408 cm³/mol. The fourth-order valence-corrected chi connectivity index (χ4v) is 11.6. The van der Waals surface area contributed by atoms with E-state index in [4.69, 9.17) is 37.0 Å². The second-order valence-corrected chi connectivity index (χ2v) is 28.4. The van der Waals surface area contributed by atoms with Gasteiger partial charge in [-0.25, -0.2) is 9.13 Å². The molecule has 0 bridgehead atoms. The number of ether oxygens (including phenoxy) is 4. The van der Waals surface area contributed by atoms with Crippen molar-refractivity contribution in [3.05, 3.63) is 122 Å². The topological polar surface area (TPSA) is 237 Å². The summed E-state index contributed by atoms with van der Waals surface area (Å²) in [5, 5.41) is 10.6. The zero-order chi connectivity index (χ0) is 73.2. The van der Waals surface area contributed by atoms with Gasteiger partial charge in [-0.3, -0.25) is 37.3 Å². The molecule has 0 aliphatic rings. The molecule has 0 aromatic carbocycles. The second kappa shape index (κ2) is 72.8. The Bertz CT molecular complexity index is 2370. The Morgan fingerprint density at radius 3 is 0.850 bits per heavy atom. The first kappa shape index (κ1) is 95.5. The smallest absolute Gasteiger partial charge is 0.462 e. The molecular formula is C81H138O17P2. The van der Waals surface area contributed by atoms with Crippen LogP contribution in [0.4, 0.5) is 0 Å². The highest BCUT2D eigenvalue weighted by Gasteiger charge is 2.30. The molecule has 100 heavy (non-hydrogen) atoms. The number of phosphoric ester groups is 2. The summed E-state index contributed by atoms with van der Waals surface area (Å²) in [5.41, 5.74) is 0. The van der Waals surface area contributed by atoms with E-state index in [1.165, 1.54) is 12.8 Å². The molecule has 3 N–H and O–H groups in total. The lowest BCUT2D eigenvalue weighted by Gasteiger charge is -2.21. The molecular weight excluding hydrogens is 1310 g/mol. The van der Waals surface area contributed by atoms with E-state index >= 15 is 0 Å². The highest BCUT2D eigenvalue weighted by Crippen LogP contribution is 2.45. The third kappa shape index (κ3) is 71.8. The molecule has 5 atom stereocenters. The zero-order valence-electron chi connectivity index (χ0n) is 62.6. The Kier molecular flexibility index (Phi) is 69.5. The quantitative estimate of drug-likeness (QED) is 0.0169. The van der Waals surface area contributed by atoms with Crippen LogP contribution in [0.2, 0.25) is 0 Å². The number of carbonyl (C=O) groups excluding carboxylic acids is 4. The summed E-state index contributed by atoms with van der Waals surface area (Å²) >= 11 is 0. The first-order valence-corrected chi connectivity index (χ1v) is 41.8. The maximum atomic E-state index is 13.1. The average molecular weight is 1450 g/mol. The highest BCUT2D eigenvalue weighted by molar-refractivity contribution is 7.47. The van der Waals surface area contributed by atoms with Crippen molar-refractivity contribution in [3.8, 4) is 0 Å². The Balaban J connectivity index is 5.32. The number of aliphatic hydroxyl groups is 1. The number of carbonyl (C=O) groups is 4. The molecule has 0 spiro atoms. The van der Waals surface area contributed by atoms with E-state index in [-0.39, 0.29) is 25.7 Å². The van der Waals surface area contributed by atoms with Crippen molar-refractivity contribution in [1.82, 2.24) is 0 Å². The molecule has 0 aromatic rings. The standard InChI is InChI=1S/C81H138O17P2/c1-5-9-13-17-21-25-29-32-34-36-37-39-41-44-47-50-54-58-62-66-79(84)92-72-77(98-81(86)68-64-60-56-52-48-42-31-27-23-19-15-11-7-3)74-96-100(89,90)94-70-75(82)69-93-99(87,88)95-73-76(97-80(85)67-63-59-55-51-45-28-24-20-16-12-8-4)71-91-78(83)65-61-57-53-49-46-43-40-38-35-33-30-26-22-18-14-10-6-2/h9-10,13-15,19-22,24-27,31-35,37,39,75-77,82H,5-8,11-12,16-18,23,28-30,36,38,40-74H2,1-4H3,(H,87,88)(H,89,90)/b13-9-,14-10-,19-15-,24-20-,25-21-,26-22-,31-27-,34-32-,35-33-,39-37-. The van der Waals surface area contributed by atoms with Crippen LogP contribution in [0, 0.1) is 0 Å². The van der Waals surface area contributed by atoms with E-state index in [0.717, 1.165) is 218 Å². The van der Waals surface area contributed by atoms with Crippen LogP contribution >= 0.6 is 15.6 Å². The van der Waals surface area contributed by atoms with Gasteiger partial charge in [0.05, 0.1) is 26.4 Å². The van der Waals surface area contributed by atoms with Gasteiger partial charge < -0.3 is 33.8 Å². The van der Waals surface area contributed by atoms with Gasteiger partial charge in [-0.05, 0) is 141 Å². The summed E-state index contributed by atoms with van der Waals surface area (Å²) in [7, 11) is -9.96. The number of rotatable bonds is 72. The molecule has 0 fully saturated rings. The summed E-state index contributed by atoms with van der Waals surface area (Å²) < 4.78 is 68.5. The van der Waals surface area contributed by atoms with E-state index in [9.17, 15) is 43.2 Å². The SMILES string of the molecule is CC/C=C\C/C=C\C/C=C\C/C=C\CCCCCCCCC(=O)OCC(COP(=O)(O)OCC(O)COP(=O)(O)OCC(COC(=O)CCCCCCCCC/C=C\C/C=C\C/C=C\CC)OC(=O)CCCCCCC/C=C\CCCC)OC(=O)CCCCCCC/C=C\C/C=C\CCC. The fourth-order valence-electron chi connectivity index (χ4n) is 10.0. The number of hydrogen-bond donors (Lipinski definition) is 3. The molecule has 0 radical (unpaired) electrons. The number of unbranched alkanes of at least 4 members (excludes halogenated alkanes) is 26. The molecule has 0 saturated carbocycles. The van der Waals surface area contributed by atoms with Gasteiger partial charge in [0.1, 0.15) is 19.3 Å². The largest absolute Gasteiger partial charge is 0.472 e. The number of aliphatic hydroxyl groups excluding tert-OH is 1. The molecule has 0 aromatic heterocycles.